The molecule has 1 fully saturated rings. The summed E-state index contributed by atoms with van der Waals surface area (Å²) in [5.41, 5.74) is 0.237. The maximum Gasteiger partial charge on any atom is 0.222 e. The second-order valence-corrected chi connectivity index (χ2v) is 4.89. The van der Waals surface area contributed by atoms with Gasteiger partial charge in [0.05, 0.1) is 0 Å². The fourth-order valence-corrected chi connectivity index (χ4v) is 1.85. The van der Waals surface area contributed by atoms with Gasteiger partial charge in [0.25, 0.3) is 0 Å². The van der Waals surface area contributed by atoms with E-state index in [9.17, 15) is 4.79 Å². The minimum absolute atomic E-state index is 0.237. The molecule has 0 atom stereocenters. The van der Waals surface area contributed by atoms with Gasteiger partial charge in [0, 0.05) is 38.1 Å². The summed E-state index contributed by atoms with van der Waals surface area (Å²) in [7, 11) is 0. The van der Waals surface area contributed by atoms with E-state index >= 15 is 0 Å². The number of amides is 1. The zero-order chi connectivity index (χ0) is 10.8. The molecule has 1 heterocycles. The number of hydrogen-bond donors (Lipinski definition) is 0. The number of carbonyl (C=O) groups excluding carboxylic acids is 1. The molecule has 1 saturated heterocycles. The molecule has 1 aliphatic heterocycles. The predicted molar refractivity (Wildman–Crippen MR) is 58.2 cm³/mol. The topological polar surface area (TPSA) is 23.6 Å². The minimum Gasteiger partial charge on any atom is -0.340 e. The van der Waals surface area contributed by atoms with Crippen LogP contribution in [0, 0.1) is 0 Å². The van der Waals surface area contributed by atoms with Crippen LogP contribution in [0.4, 0.5) is 0 Å². The molecule has 1 amide bonds. The van der Waals surface area contributed by atoms with E-state index in [4.69, 9.17) is 0 Å². The number of nitrogens with zero attached hydrogens (tertiary/aromatic N) is 2. The Morgan fingerprint density at radius 1 is 1.14 bits per heavy atom. The highest BCUT2D eigenvalue weighted by Crippen LogP contribution is 2.15. The van der Waals surface area contributed by atoms with Crippen molar-refractivity contribution in [1.29, 1.82) is 0 Å². The zero-order valence-electron chi connectivity index (χ0n) is 9.84. The lowest BCUT2D eigenvalue weighted by molar-refractivity contribution is -0.133. The molecule has 0 aliphatic carbocycles. The van der Waals surface area contributed by atoms with Gasteiger partial charge in [-0.2, -0.15) is 0 Å². The third-order valence-electron chi connectivity index (χ3n) is 2.88. The Bertz CT molecular complexity index is 200. The molecule has 3 nitrogen and oxygen atoms in total. The summed E-state index contributed by atoms with van der Waals surface area (Å²) in [6, 6.07) is 0. The minimum atomic E-state index is 0.237. The summed E-state index contributed by atoms with van der Waals surface area (Å²) in [4.78, 5) is 15.8. The lowest BCUT2D eigenvalue weighted by atomic mass is 10.0. The van der Waals surface area contributed by atoms with Crippen LogP contribution >= 0.6 is 0 Å². The molecule has 0 radical (unpaired) electrons. The Morgan fingerprint density at radius 3 is 2.00 bits per heavy atom. The summed E-state index contributed by atoms with van der Waals surface area (Å²) in [5, 5.41) is 0. The third-order valence-corrected chi connectivity index (χ3v) is 2.88. The van der Waals surface area contributed by atoms with Gasteiger partial charge in [-0.25, -0.2) is 0 Å². The van der Waals surface area contributed by atoms with E-state index in [0.717, 1.165) is 26.2 Å². The van der Waals surface area contributed by atoms with Gasteiger partial charge >= 0.3 is 0 Å². The van der Waals surface area contributed by atoms with Crippen LogP contribution in [-0.4, -0.2) is 47.4 Å². The van der Waals surface area contributed by atoms with Gasteiger partial charge in [0.2, 0.25) is 5.91 Å². The van der Waals surface area contributed by atoms with Gasteiger partial charge in [-0.3, -0.25) is 9.69 Å². The lowest BCUT2D eigenvalue weighted by Gasteiger charge is -2.42. The van der Waals surface area contributed by atoms with Crippen molar-refractivity contribution in [3.8, 4) is 0 Å². The lowest BCUT2D eigenvalue weighted by Crippen LogP contribution is -2.54. The molecule has 1 rings (SSSR count). The molecule has 14 heavy (non-hydrogen) atoms. The van der Waals surface area contributed by atoms with Crippen LogP contribution < -0.4 is 0 Å². The summed E-state index contributed by atoms with van der Waals surface area (Å²) in [6.07, 6.45) is 0.634. The van der Waals surface area contributed by atoms with E-state index in [0.29, 0.717) is 12.3 Å². The van der Waals surface area contributed by atoms with Crippen molar-refractivity contribution in [2.24, 2.45) is 0 Å². The number of rotatable bonds is 1. The summed E-state index contributed by atoms with van der Waals surface area (Å²) in [5.74, 6) is 0.290. The summed E-state index contributed by atoms with van der Waals surface area (Å²) >= 11 is 0. The standard InChI is InChI=1S/C11H22N2O/c1-5-10(14)12-6-8-13(9-7-12)11(2,3)4/h5-9H2,1-4H3. The van der Waals surface area contributed by atoms with Gasteiger partial charge in [-0.1, -0.05) is 6.92 Å². The highest BCUT2D eigenvalue weighted by Gasteiger charge is 2.26. The predicted octanol–water partition coefficient (Wildman–Crippen LogP) is 1.34. The van der Waals surface area contributed by atoms with Gasteiger partial charge in [-0.05, 0) is 20.8 Å². The van der Waals surface area contributed by atoms with Crippen molar-refractivity contribution in [2.75, 3.05) is 26.2 Å². The smallest absolute Gasteiger partial charge is 0.222 e. The van der Waals surface area contributed by atoms with E-state index in [1.165, 1.54) is 0 Å². The van der Waals surface area contributed by atoms with E-state index in [1.54, 1.807) is 0 Å². The summed E-state index contributed by atoms with van der Waals surface area (Å²) in [6.45, 7) is 12.4. The van der Waals surface area contributed by atoms with Crippen LogP contribution in [0.15, 0.2) is 0 Å². The number of carbonyl (C=O) groups is 1. The van der Waals surface area contributed by atoms with Gasteiger partial charge in [0.1, 0.15) is 0 Å². The van der Waals surface area contributed by atoms with Crippen LogP contribution in [-0.2, 0) is 4.79 Å². The first-order valence-corrected chi connectivity index (χ1v) is 5.48. The highest BCUT2D eigenvalue weighted by molar-refractivity contribution is 5.75. The molecule has 82 valence electrons. The first-order valence-electron chi connectivity index (χ1n) is 5.48. The molecule has 0 aromatic rings. The first-order chi connectivity index (χ1) is 6.45. The first kappa shape index (κ1) is 11.5. The molecule has 3 heteroatoms. The highest BCUT2D eigenvalue weighted by atomic mass is 16.2. The Morgan fingerprint density at radius 2 is 1.64 bits per heavy atom. The van der Waals surface area contributed by atoms with E-state index in [2.05, 4.69) is 25.7 Å². The number of hydrogen-bond acceptors (Lipinski definition) is 2. The van der Waals surface area contributed by atoms with Crippen molar-refractivity contribution in [1.82, 2.24) is 9.80 Å². The second kappa shape index (κ2) is 4.30. The Balaban J connectivity index is 2.43. The fourth-order valence-electron chi connectivity index (χ4n) is 1.85. The summed E-state index contributed by atoms with van der Waals surface area (Å²) < 4.78 is 0. The van der Waals surface area contributed by atoms with Crippen LogP contribution in [0.1, 0.15) is 34.1 Å². The molecule has 0 saturated carbocycles. The van der Waals surface area contributed by atoms with Crippen molar-refractivity contribution >= 4 is 5.91 Å². The van der Waals surface area contributed by atoms with E-state index in [1.807, 2.05) is 11.8 Å². The van der Waals surface area contributed by atoms with Gasteiger partial charge < -0.3 is 4.90 Å². The molecular formula is C11H22N2O. The van der Waals surface area contributed by atoms with Crippen molar-refractivity contribution in [3.63, 3.8) is 0 Å². The zero-order valence-corrected chi connectivity index (χ0v) is 9.84. The van der Waals surface area contributed by atoms with Crippen LogP contribution in [0.3, 0.4) is 0 Å². The van der Waals surface area contributed by atoms with Crippen molar-refractivity contribution < 1.29 is 4.79 Å². The van der Waals surface area contributed by atoms with Crippen LogP contribution in [0.2, 0.25) is 0 Å². The third kappa shape index (κ3) is 2.71. The molecule has 0 aromatic carbocycles. The quantitative estimate of drug-likeness (QED) is 0.635. The molecular weight excluding hydrogens is 176 g/mol. The van der Waals surface area contributed by atoms with E-state index < -0.39 is 0 Å². The normalized spacial score (nSPS) is 19.9. The number of piperazine rings is 1. The molecule has 1 aliphatic rings. The van der Waals surface area contributed by atoms with Gasteiger partial charge in [0.15, 0.2) is 0 Å². The maximum absolute atomic E-state index is 11.4. The Kier molecular flexibility index (Phi) is 3.53. The van der Waals surface area contributed by atoms with Crippen LogP contribution in [0.5, 0.6) is 0 Å². The molecule has 0 bridgehead atoms. The Hall–Kier alpha value is -0.570. The largest absolute Gasteiger partial charge is 0.340 e. The van der Waals surface area contributed by atoms with Crippen molar-refractivity contribution in [3.05, 3.63) is 0 Å². The van der Waals surface area contributed by atoms with Gasteiger partial charge in [-0.15, -0.1) is 0 Å². The van der Waals surface area contributed by atoms with E-state index in [-0.39, 0.29) is 5.54 Å². The molecule has 0 unspecified atom stereocenters. The average Bonchev–Trinajstić information content (AvgIpc) is 2.15. The average molecular weight is 198 g/mol. The SMILES string of the molecule is CCC(=O)N1CCN(C(C)(C)C)CC1. The molecule has 0 aromatic heterocycles. The monoisotopic (exact) mass is 198 g/mol. The fraction of sp³-hybridized carbons (Fsp3) is 0.909. The maximum atomic E-state index is 11.4. The van der Waals surface area contributed by atoms with Crippen molar-refractivity contribution in [2.45, 2.75) is 39.7 Å². The molecule has 0 spiro atoms. The second-order valence-electron chi connectivity index (χ2n) is 4.89. The Labute approximate surface area is 87.1 Å². The van der Waals surface area contributed by atoms with Crippen LogP contribution in [0.25, 0.3) is 0 Å². The molecule has 0 N–H and O–H groups in total.